The van der Waals surface area contributed by atoms with E-state index in [2.05, 4.69) is 34.4 Å². The fourth-order valence-electron chi connectivity index (χ4n) is 2.33. The molecule has 2 rings (SSSR count). The van der Waals surface area contributed by atoms with Gasteiger partial charge in [-0.25, -0.2) is 0 Å². The van der Waals surface area contributed by atoms with E-state index in [-0.39, 0.29) is 0 Å². The van der Waals surface area contributed by atoms with Crippen molar-refractivity contribution in [1.82, 2.24) is 5.01 Å². The van der Waals surface area contributed by atoms with Gasteiger partial charge in [0.1, 0.15) is 0 Å². The second-order valence-electron chi connectivity index (χ2n) is 4.90. The van der Waals surface area contributed by atoms with Crippen LogP contribution in [-0.4, -0.2) is 37.0 Å². The Balaban J connectivity index is 1.97. The molecule has 1 heterocycles. The van der Waals surface area contributed by atoms with Crippen molar-refractivity contribution in [2.75, 3.05) is 20.3 Å². The lowest BCUT2D eigenvalue weighted by Crippen LogP contribution is -2.29. The maximum atomic E-state index is 5.24. The summed E-state index contributed by atoms with van der Waals surface area (Å²) in [4.78, 5) is 0. The van der Waals surface area contributed by atoms with Crippen LogP contribution in [0.2, 0.25) is 0 Å². The average Bonchev–Trinajstić information content (AvgIpc) is 2.85. The number of rotatable bonds is 5. The number of methoxy groups -OCH3 is 1. The molecule has 0 saturated carbocycles. The zero-order valence-corrected chi connectivity index (χ0v) is 11.7. The molecule has 3 nitrogen and oxygen atoms in total. The van der Waals surface area contributed by atoms with Gasteiger partial charge < -0.3 is 4.74 Å². The highest BCUT2D eigenvalue weighted by Gasteiger charge is 2.22. The summed E-state index contributed by atoms with van der Waals surface area (Å²) in [6.07, 6.45) is 6.54. The lowest BCUT2D eigenvalue weighted by molar-refractivity contribution is 0.118. The Kier molecular flexibility index (Phi) is 5.16. The molecule has 0 bridgehead atoms. The molecule has 1 aliphatic rings. The van der Waals surface area contributed by atoms with Gasteiger partial charge in [0.25, 0.3) is 0 Å². The molecule has 102 valence electrons. The van der Waals surface area contributed by atoms with Crippen molar-refractivity contribution < 1.29 is 4.74 Å². The van der Waals surface area contributed by atoms with Gasteiger partial charge in [-0.15, -0.1) is 0 Å². The molecule has 1 aromatic carbocycles. The zero-order chi connectivity index (χ0) is 13.5. The molecule has 0 unspecified atom stereocenters. The second-order valence-corrected chi connectivity index (χ2v) is 4.90. The molecule has 0 radical (unpaired) electrons. The number of nitrogens with zero attached hydrogens (tertiary/aromatic N) is 2. The first-order valence-electron chi connectivity index (χ1n) is 6.83. The number of hydrogen-bond acceptors (Lipinski definition) is 3. The second kappa shape index (κ2) is 7.10. The Bertz CT molecular complexity index is 439. The molecule has 0 N–H and O–H groups in total. The minimum Gasteiger partial charge on any atom is -0.382 e. The van der Waals surface area contributed by atoms with E-state index in [1.54, 1.807) is 7.11 Å². The van der Waals surface area contributed by atoms with Gasteiger partial charge in [0.05, 0.1) is 18.4 Å². The van der Waals surface area contributed by atoms with E-state index in [0.717, 1.165) is 18.9 Å². The molecule has 0 aliphatic carbocycles. The van der Waals surface area contributed by atoms with Gasteiger partial charge in [0.15, 0.2) is 0 Å². The van der Waals surface area contributed by atoms with Crippen LogP contribution in [0.4, 0.5) is 0 Å². The first kappa shape index (κ1) is 13.8. The fraction of sp³-hybridized carbons (Fsp3) is 0.438. The molecular formula is C16H22N2O. The van der Waals surface area contributed by atoms with E-state index in [1.165, 1.54) is 18.4 Å². The third-order valence-corrected chi connectivity index (χ3v) is 3.31. The third kappa shape index (κ3) is 4.21. The van der Waals surface area contributed by atoms with E-state index in [9.17, 15) is 0 Å². The molecule has 0 spiro atoms. The number of hydrogen-bond donors (Lipinski definition) is 0. The predicted molar refractivity (Wildman–Crippen MR) is 80.2 cm³/mol. The molecule has 1 aliphatic heterocycles. The lowest BCUT2D eigenvalue weighted by atomic mass is 10.2. The molecule has 1 fully saturated rings. The minimum atomic E-state index is 0.435. The van der Waals surface area contributed by atoms with Crippen LogP contribution in [0.5, 0.6) is 0 Å². The first-order chi connectivity index (χ1) is 9.29. The van der Waals surface area contributed by atoms with Gasteiger partial charge in [-0.3, -0.25) is 5.01 Å². The molecular weight excluding hydrogens is 236 g/mol. The number of benzene rings is 1. The summed E-state index contributed by atoms with van der Waals surface area (Å²) in [7, 11) is 1.75. The van der Waals surface area contributed by atoms with Crippen LogP contribution >= 0.6 is 0 Å². The molecule has 19 heavy (non-hydrogen) atoms. The third-order valence-electron chi connectivity index (χ3n) is 3.31. The van der Waals surface area contributed by atoms with Crippen molar-refractivity contribution in [3.8, 4) is 0 Å². The Morgan fingerprint density at radius 1 is 1.42 bits per heavy atom. The maximum Gasteiger partial charge on any atom is 0.0704 e. The number of hydrazone groups is 1. The highest BCUT2D eigenvalue weighted by molar-refractivity contribution is 5.96. The Morgan fingerprint density at radius 3 is 2.95 bits per heavy atom. The number of allylic oxidation sites excluding steroid dienone is 1. The van der Waals surface area contributed by atoms with E-state index in [4.69, 9.17) is 4.74 Å². The van der Waals surface area contributed by atoms with Gasteiger partial charge in [0.2, 0.25) is 0 Å². The predicted octanol–water partition coefficient (Wildman–Crippen LogP) is 3.19. The van der Waals surface area contributed by atoms with E-state index in [1.807, 2.05) is 25.1 Å². The normalized spacial score (nSPS) is 20.4. The Hall–Kier alpha value is -1.61. The van der Waals surface area contributed by atoms with Gasteiger partial charge in [0, 0.05) is 13.7 Å². The van der Waals surface area contributed by atoms with Crippen molar-refractivity contribution >= 4 is 11.8 Å². The maximum absolute atomic E-state index is 5.24. The molecule has 3 heteroatoms. The monoisotopic (exact) mass is 258 g/mol. The topological polar surface area (TPSA) is 24.8 Å². The van der Waals surface area contributed by atoms with Gasteiger partial charge in [-0.05, 0) is 31.4 Å². The fourth-order valence-corrected chi connectivity index (χ4v) is 2.33. The van der Waals surface area contributed by atoms with Crippen LogP contribution in [0.3, 0.4) is 0 Å². The summed E-state index contributed by atoms with van der Waals surface area (Å²) in [6, 6.07) is 10.7. The Morgan fingerprint density at radius 2 is 2.21 bits per heavy atom. The van der Waals surface area contributed by atoms with Crippen LogP contribution in [0.1, 0.15) is 25.3 Å². The highest BCUT2D eigenvalue weighted by Crippen LogP contribution is 2.17. The van der Waals surface area contributed by atoms with E-state index in [0.29, 0.717) is 6.04 Å². The summed E-state index contributed by atoms with van der Waals surface area (Å²) in [5, 5.41) is 6.84. The quantitative estimate of drug-likeness (QED) is 0.758. The zero-order valence-electron chi connectivity index (χ0n) is 11.7. The van der Waals surface area contributed by atoms with Gasteiger partial charge >= 0.3 is 0 Å². The summed E-state index contributed by atoms with van der Waals surface area (Å²) in [5.41, 5.74) is 2.23. The molecule has 0 amide bonds. The van der Waals surface area contributed by atoms with Crippen molar-refractivity contribution in [3.05, 3.63) is 42.0 Å². The minimum absolute atomic E-state index is 0.435. The first-order valence-corrected chi connectivity index (χ1v) is 6.83. The van der Waals surface area contributed by atoms with Gasteiger partial charge in [-0.2, -0.15) is 5.10 Å². The van der Waals surface area contributed by atoms with Crippen LogP contribution in [0.15, 0.2) is 41.5 Å². The molecule has 1 saturated heterocycles. The Labute approximate surface area is 115 Å². The van der Waals surface area contributed by atoms with E-state index < -0.39 is 0 Å². The van der Waals surface area contributed by atoms with Crippen LogP contribution < -0.4 is 0 Å². The SMILES string of the molecule is COC[C@@H]1CCCN1/N=C(C)/C=C/c1ccccc1. The van der Waals surface area contributed by atoms with E-state index >= 15 is 0 Å². The lowest BCUT2D eigenvalue weighted by Gasteiger charge is -2.21. The number of ether oxygens (including phenoxy) is 1. The summed E-state index contributed by atoms with van der Waals surface area (Å²) < 4.78 is 5.24. The van der Waals surface area contributed by atoms with Crippen molar-refractivity contribution in [3.63, 3.8) is 0 Å². The van der Waals surface area contributed by atoms with Crippen molar-refractivity contribution in [1.29, 1.82) is 0 Å². The molecule has 0 aromatic heterocycles. The van der Waals surface area contributed by atoms with Crippen molar-refractivity contribution in [2.45, 2.75) is 25.8 Å². The van der Waals surface area contributed by atoms with Crippen LogP contribution in [-0.2, 0) is 4.74 Å². The van der Waals surface area contributed by atoms with Crippen LogP contribution in [0.25, 0.3) is 6.08 Å². The van der Waals surface area contributed by atoms with Crippen molar-refractivity contribution in [2.24, 2.45) is 5.10 Å². The molecule has 1 atom stereocenters. The molecule has 1 aromatic rings. The average molecular weight is 258 g/mol. The highest BCUT2D eigenvalue weighted by atomic mass is 16.5. The largest absolute Gasteiger partial charge is 0.382 e. The standard InChI is InChI=1S/C16H22N2O/c1-14(10-11-15-7-4-3-5-8-15)17-18-12-6-9-16(18)13-19-2/h3-5,7-8,10-11,16H,6,9,12-13H2,1-2H3/b11-10+,17-14+/t16-/m0/s1. The van der Waals surface area contributed by atoms with Gasteiger partial charge in [-0.1, -0.05) is 36.4 Å². The summed E-state index contributed by atoms with van der Waals surface area (Å²) in [5.74, 6) is 0. The summed E-state index contributed by atoms with van der Waals surface area (Å²) >= 11 is 0. The summed E-state index contributed by atoms with van der Waals surface area (Å²) in [6.45, 7) is 3.84. The smallest absolute Gasteiger partial charge is 0.0704 e. The van der Waals surface area contributed by atoms with Crippen LogP contribution in [0, 0.1) is 0 Å².